The van der Waals surface area contributed by atoms with E-state index in [-0.39, 0.29) is 18.0 Å². The molecule has 1 aliphatic heterocycles. The van der Waals surface area contributed by atoms with E-state index in [1.165, 1.54) is 25.7 Å². The van der Waals surface area contributed by atoms with Crippen molar-refractivity contribution in [3.05, 3.63) is 0 Å². The van der Waals surface area contributed by atoms with E-state index in [0.29, 0.717) is 0 Å². The molecule has 0 aliphatic carbocycles. The quantitative estimate of drug-likeness (QED) is 0.463. The fourth-order valence-electron chi connectivity index (χ4n) is 1.98. The lowest BCUT2D eigenvalue weighted by Gasteiger charge is -2.35. The maximum Gasteiger partial charge on any atom is 0.313 e. The van der Waals surface area contributed by atoms with E-state index in [0.717, 1.165) is 19.3 Å². The van der Waals surface area contributed by atoms with Crippen molar-refractivity contribution in [3.63, 3.8) is 0 Å². The summed E-state index contributed by atoms with van der Waals surface area (Å²) < 4.78 is 5.16. The highest BCUT2D eigenvalue weighted by molar-refractivity contribution is 5.78. The Bertz CT molecular complexity index is 177. The van der Waals surface area contributed by atoms with Crippen LogP contribution in [0.5, 0.6) is 0 Å². The monoisotopic (exact) mass is 198 g/mol. The van der Waals surface area contributed by atoms with Gasteiger partial charge in [-0.15, -0.1) is 0 Å². The molecule has 0 saturated carbocycles. The standard InChI is InChI=1S/C12H22O2/c1-3-5-7-9-11-10(8-6-4-2)12(13)14-11/h10-11H,3-9H2,1-2H3/t10-,11?/m0/s1. The summed E-state index contributed by atoms with van der Waals surface area (Å²) in [5, 5.41) is 0. The molecule has 0 aromatic heterocycles. The Labute approximate surface area is 87.0 Å². The van der Waals surface area contributed by atoms with Gasteiger partial charge < -0.3 is 4.74 Å². The second-order valence-electron chi connectivity index (χ2n) is 4.22. The fraction of sp³-hybridized carbons (Fsp3) is 0.917. The van der Waals surface area contributed by atoms with Crippen molar-refractivity contribution in [2.45, 2.75) is 64.9 Å². The minimum Gasteiger partial charge on any atom is -0.461 e. The van der Waals surface area contributed by atoms with Crippen LogP contribution in [0.2, 0.25) is 0 Å². The SMILES string of the molecule is CCCCCC1OC(=O)[C@H]1CCCC. The van der Waals surface area contributed by atoms with Crippen LogP contribution in [0.4, 0.5) is 0 Å². The molecule has 0 amide bonds. The molecule has 1 rings (SSSR count). The van der Waals surface area contributed by atoms with E-state index in [4.69, 9.17) is 4.74 Å². The predicted molar refractivity (Wildman–Crippen MR) is 57.0 cm³/mol. The number of ether oxygens (including phenoxy) is 1. The van der Waals surface area contributed by atoms with E-state index in [1.54, 1.807) is 0 Å². The zero-order valence-electron chi connectivity index (χ0n) is 9.42. The Morgan fingerprint density at radius 3 is 2.36 bits per heavy atom. The molecule has 2 atom stereocenters. The van der Waals surface area contributed by atoms with E-state index < -0.39 is 0 Å². The Kier molecular flexibility index (Phi) is 4.99. The summed E-state index contributed by atoms with van der Waals surface area (Å²) in [4.78, 5) is 11.2. The average Bonchev–Trinajstić information content (AvgIpc) is 2.17. The first kappa shape index (κ1) is 11.5. The summed E-state index contributed by atoms with van der Waals surface area (Å²) in [5.74, 6) is 0.270. The molecule has 1 heterocycles. The van der Waals surface area contributed by atoms with Gasteiger partial charge >= 0.3 is 5.97 Å². The first-order valence-corrected chi connectivity index (χ1v) is 6.00. The van der Waals surface area contributed by atoms with E-state index in [2.05, 4.69) is 13.8 Å². The van der Waals surface area contributed by atoms with Gasteiger partial charge in [-0.2, -0.15) is 0 Å². The van der Waals surface area contributed by atoms with Gasteiger partial charge in [0.2, 0.25) is 0 Å². The molecule has 1 unspecified atom stereocenters. The summed E-state index contributed by atoms with van der Waals surface area (Å²) in [6.45, 7) is 4.36. The van der Waals surface area contributed by atoms with Crippen LogP contribution >= 0.6 is 0 Å². The summed E-state index contributed by atoms with van der Waals surface area (Å²) in [5.41, 5.74) is 0. The molecule has 0 aromatic rings. The van der Waals surface area contributed by atoms with Gasteiger partial charge in [0, 0.05) is 0 Å². The molecule has 0 radical (unpaired) electrons. The van der Waals surface area contributed by atoms with Crippen LogP contribution in [0.15, 0.2) is 0 Å². The minimum atomic E-state index is 0.0416. The number of carbonyl (C=O) groups excluding carboxylic acids is 1. The third-order valence-electron chi connectivity index (χ3n) is 2.98. The maximum absolute atomic E-state index is 11.2. The second kappa shape index (κ2) is 6.05. The van der Waals surface area contributed by atoms with Gasteiger partial charge in [-0.3, -0.25) is 4.79 Å². The van der Waals surface area contributed by atoms with Crippen LogP contribution < -0.4 is 0 Å². The number of unbranched alkanes of at least 4 members (excludes halogenated alkanes) is 3. The van der Waals surface area contributed by atoms with Gasteiger partial charge in [0.05, 0.1) is 5.92 Å². The lowest BCUT2D eigenvalue weighted by atomic mass is 9.88. The van der Waals surface area contributed by atoms with Gasteiger partial charge in [-0.05, 0) is 19.3 Å². The topological polar surface area (TPSA) is 26.3 Å². The molecule has 2 nitrogen and oxygen atoms in total. The van der Waals surface area contributed by atoms with Crippen molar-refractivity contribution in [2.75, 3.05) is 0 Å². The zero-order chi connectivity index (χ0) is 10.4. The molecule has 14 heavy (non-hydrogen) atoms. The molecule has 1 saturated heterocycles. The van der Waals surface area contributed by atoms with Gasteiger partial charge in [0.25, 0.3) is 0 Å². The van der Waals surface area contributed by atoms with E-state index in [9.17, 15) is 4.79 Å². The van der Waals surface area contributed by atoms with Crippen LogP contribution in [0.25, 0.3) is 0 Å². The normalized spacial score (nSPS) is 25.7. The van der Waals surface area contributed by atoms with Crippen molar-refractivity contribution in [2.24, 2.45) is 5.92 Å². The minimum absolute atomic E-state index is 0.0416. The summed E-state index contributed by atoms with van der Waals surface area (Å²) in [7, 11) is 0. The number of cyclic esters (lactones) is 1. The van der Waals surface area contributed by atoms with Crippen molar-refractivity contribution in [1.29, 1.82) is 0 Å². The first-order valence-electron chi connectivity index (χ1n) is 6.00. The number of hydrogen-bond acceptors (Lipinski definition) is 2. The largest absolute Gasteiger partial charge is 0.461 e. The Hall–Kier alpha value is -0.530. The third-order valence-corrected chi connectivity index (χ3v) is 2.98. The van der Waals surface area contributed by atoms with Crippen LogP contribution in [0.3, 0.4) is 0 Å². The van der Waals surface area contributed by atoms with Gasteiger partial charge in [0.15, 0.2) is 0 Å². The maximum atomic E-state index is 11.2. The Morgan fingerprint density at radius 1 is 1.07 bits per heavy atom. The number of esters is 1. The highest BCUT2D eigenvalue weighted by Crippen LogP contribution is 2.30. The molecule has 0 spiro atoms. The average molecular weight is 198 g/mol. The lowest BCUT2D eigenvalue weighted by molar-refractivity contribution is -0.186. The van der Waals surface area contributed by atoms with Gasteiger partial charge in [0.1, 0.15) is 6.10 Å². The summed E-state index contributed by atoms with van der Waals surface area (Å²) in [6.07, 6.45) is 8.39. The van der Waals surface area contributed by atoms with Gasteiger partial charge in [-0.25, -0.2) is 0 Å². The predicted octanol–water partition coefficient (Wildman–Crippen LogP) is 3.30. The Morgan fingerprint density at radius 2 is 1.79 bits per heavy atom. The van der Waals surface area contributed by atoms with Crippen molar-refractivity contribution in [1.82, 2.24) is 0 Å². The molecule has 0 aromatic carbocycles. The van der Waals surface area contributed by atoms with Crippen LogP contribution in [-0.4, -0.2) is 12.1 Å². The van der Waals surface area contributed by atoms with Crippen molar-refractivity contribution < 1.29 is 9.53 Å². The third kappa shape index (κ3) is 3.00. The molecule has 2 heteroatoms. The number of carbonyl (C=O) groups is 1. The lowest BCUT2D eigenvalue weighted by Crippen LogP contribution is -2.44. The molecule has 0 N–H and O–H groups in total. The smallest absolute Gasteiger partial charge is 0.313 e. The number of rotatable bonds is 7. The summed E-state index contributed by atoms with van der Waals surface area (Å²) in [6, 6.07) is 0. The second-order valence-corrected chi connectivity index (χ2v) is 4.22. The first-order chi connectivity index (χ1) is 6.79. The molecule has 82 valence electrons. The van der Waals surface area contributed by atoms with Crippen LogP contribution in [0.1, 0.15) is 58.8 Å². The highest BCUT2D eigenvalue weighted by Gasteiger charge is 2.40. The molecule has 0 bridgehead atoms. The highest BCUT2D eigenvalue weighted by atomic mass is 16.6. The van der Waals surface area contributed by atoms with Crippen molar-refractivity contribution in [3.8, 4) is 0 Å². The molecular formula is C12H22O2. The van der Waals surface area contributed by atoms with Crippen molar-refractivity contribution >= 4 is 5.97 Å². The Balaban J connectivity index is 2.15. The molecule has 1 fully saturated rings. The molecule has 1 aliphatic rings. The molecular weight excluding hydrogens is 176 g/mol. The zero-order valence-corrected chi connectivity index (χ0v) is 9.42. The summed E-state index contributed by atoms with van der Waals surface area (Å²) >= 11 is 0. The fourth-order valence-corrected chi connectivity index (χ4v) is 1.98. The number of hydrogen-bond donors (Lipinski definition) is 0. The van der Waals surface area contributed by atoms with E-state index in [1.807, 2.05) is 0 Å². The van der Waals surface area contributed by atoms with Crippen LogP contribution in [-0.2, 0) is 9.53 Å². The van der Waals surface area contributed by atoms with Gasteiger partial charge in [-0.1, -0.05) is 39.5 Å². The van der Waals surface area contributed by atoms with Crippen LogP contribution in [0, 0.1) is 5.92 Å². The van der Waals surface area contributed by atoms with E-state index >= 15 is 0 Å².